The molecule has 1 saturated heterocycles. The van der Waals surface area contributed by atoms with Crippen LogP contribution in [0.5, 0.6) is 0 Å². The van der Waals surface area contributed by atoms with Crippen molar-refractivity contribution in [2.45, 2.75) is 39.7 Å². The van der Waals surface area contributed by atoms with Gasteiger partial charge in [0.2, 0.25) is 0 Å². The second-order valence-corrected chi connectivity index (χ2v) is 10.4. The number of aromatic nitrogens is 3. The molecule has 3 heterocycles. The lowest BCUT2D eigenvalue weighted by atomic mass is 10.00. The molecule has 5 rings (SSSR count). The van der Waals surface area contributed by atoms with E-state index in [9.17, 15) is 4.79 Å². The van der Waals surface area contributed by atoms with Crippen LogP contribution in [0.3, 0.4) is 0 Å². The zero-order valence-corrected chi connectivity index (χ0v) is 21.0. The highest BCUT2D eigenvalue weighted by Gasteiger charge is 2.30. The Labute approximate surface area is 208 Å². The molecule has 1 aliphatic heterocycles. The molecule has 6 nitrogen and oxygen atoms in total. The van der Waals surface area contributed by atoms with E-state index in [0.717, 1.165) is 63.4 Å². The summed E-state index contributed by atoms with van der Waals surface area (Å²) in [5, 5.41) is 16.3. The van der Waals surface area contributed by atoms with Gasteiger partial charge in [-0.05, 0) is 87.0 Å². The fraction of sp³-hybridized carbons (Fsp3) is 0.308. The summed E-state index contributed by atoms with van der Waals surface area (Å²) < 4.78 is 0. The lowest BCUT2D eigenvalue weighted by molar-refractivity contribution is 0.0971. The van der Waals surface area contributed by atoms with Crippen molar-refractivity contribution in [1.82, 2.24) is 20.5 Å². The average Bonchev–Trinajstić information content (AvgIpc) is 3.25. The quantitative estimate of drug-likeness (QED) is 0.394. The van der Waals surface area contributed by atoms with Crippen molar-refractivity contribution in [2.24, 2.45) is 0 Å². The third-order valence-corrected chi connectivity index (χ3v) is 7.41. The minimum Gasteiger partial charge on any atom is -0.315 e. The highest BCUT2D eigenvalue weighted by atomic mass is 35.5. The number of benzene rings is 2. The summed E-state index contributed by atoms with van der Waals surface area (Å²) in [5.41, 5.74) is 3.64. The van der Waals surface area contributed by atoms with Crippen molar-refractivity contribution in [3.8, 4) is 10.6 Å². The van der Waals surface area contributed by atoms with Gasteiger partial charge in [0, 0.05) is 34.3 Å². The third-order valence-electron chi connectivity index (χ3n) is 6.32. The summed E-state index contributed by atoms with van der Waals surface area (Å²) in [5.74, 6) is 0.637. The number of fused-ring (bicyclic) bond motifs is 1. The Bertz CT molecular complexity index is 1380. The maximum absolute atomic E-state index is 14.1. The Kier molecular flexibility index (Phi) is 6.34. The first-order valence-electron chi connectivity index (χ1n) is 11.4. The Balaban J connectivity index is 1.61. The van der Waals surface area contributed by atoms with E-state index in [-0.39, 0.29) is 11.9 Å². The number of aryl methyl sites for hydroxylation is 3. The minimum absolute atomic E-state index is 0.0141. The molecule has 0 aliphatic carbocycles. The number of amides is 1. The molecular weight excluding hydrogens is 466 g/mol. The first-order chi connectivity index (χ1) is 16.4. The molecule has 0 bridgehead atoms. The van der Waals surface area contributed by atoms with E-state index >= 15 is 0 Å². The molecule has 1 atom stereocenters. The predicted molar refractivity (Wildman–Crippen MR) is 139 cm³/mol. The van der Waals surface area contributed by atoms with Gasteiger partial charge in [0.05, 0.1) is 6.04 Å². The second-order valence-electron chi connectivity index (χ2n) is 8.79. The monoisotopic (exact) mass is 491 g/mol. The molecule has 2 aromatic carbocycles. The molecule has 0 saturated carbocycles. The first-order valence-corrected chi connectivity index (χ1v) is 12.6. The lowest BCUT2D eigenvalue weighted by Gasteiger charge is -2.35. The first kappa shape index (κ1) is 22.9. The molecule has 0 unspecified atom stereocenters. The summed E-state index contributed by atoms with van der Waals surface area (Å²) in [4.78, 5) is 20.7. The van der Waals surface area contributed by atoms with E-state index in [0.29, 0.717) is 16.4 Å². The maximum Gasteiger partial charge on any atom is 0.259 e. The summed E-state index contributed by atoms with van der Waals surface area (Å²) in [7, 11) is 0. The highest BCUT2D eigenvalue weighted by molar-refractivity contribution is 7.14. The van der Waals surface area contributed by atoms with E-state index in [1.165, 1.54) is 0 Å². The minimum atomic E-state index is -0.0499. The molecule has 1 amide bonds. The SMILES string of the molecule is Cc1nnc(-c2ccc(C(=O)N(c3nccc4cc(Cl)cc(C)c34)[C@@H]3CCCNC3)cc2C)s1. The topological polar surface area (TPSA) is 71.0 Å². The maximum atomic E-state index is 14.1. The number of anilines is 1. The number of halogens is 1. The van der Waals surface area contributed by atoms with E-state index in [2.05, 4.69) is 15.5 Å². The van der Waals surface area contributed by atoms with Crippen molar-refractivity contribution in [3.63, 3.8) is 0 Å². The largest absolute Gasteiger partial charge is 0.315 e. The summed E-state index contributed by atoms with van der Waals surface area (Å²) in [6.07, 6.45) is 3.69. The number of rotatable bonds is 4. The molecular formula is C26H26ClN5OS. The number of nitrogens with zero attached hydrogens (tertiary/aromatic N) is 4. The van der Waals surface area contributed by atoms with Gasteiger partial charge in [0.1, 0.15) is 15.8 Å². The number of pyridine rings is 1. The van der Waals surface area contributed by atoms with Gasteiger partial charge in [0.25, 0.3) is 5.91 Å². The summed E-state index contributed by atoms with van der Waals surface area (Å²) >= 11 is 7.88. The number of piperidine rings is 1. The van der Waals surface area contributed by atoms with Crippen LogP contribution in [-0.4, -0.2) is 40.2 Å². The number of hydrogen-bond donors (Lipinski definition) is 1. The van der Waals surface area contributed by atoms with Crippen molar-refractivity contribution in [3.05, 3.63) is 69.3 Å². The van der Waals surface area contributed by atoms with Gasteiger partial charge in [0.15, 0.2) is 0 Å². The van der Waals surface area contributed by atoms with Crippen LogP contribution in [0.25, 0.3) is 21.3 Å². The van der Waals surface area contributed by atoms with Crippen molar-refractivity contribution >= 4 is 45.4 Å². The smallest absolute Gasteiger partial charge is 0.259 e. The summed E-state index contributed by atoms with van der Waals surface area (Å²) in [6.45, 7) is 7.67. The molecule has 174 valence electrons. The van der Waals surface area contributed by atoms with Gasteiger partial charge in [-0.15, -0.1) is 10.2 Å². The Morgan fingerprint density at radius 3 is 2.68 bits per heavy atom. The Morgan fingerprint density at radius 2 is 1.97 bits per heavy atom. The van der Waals surface area contributed by atoms with Gasteiger partial charge in [-0.2, -0.15) is 0 Å². The third kappa shape index (κ3) is 4.31. The van der Waals surface area contributed by atoms with Crippen LogP contribution in [0.1, 0.15) is 39.3 Å². The molecule has 4 aromatic rings. The van der Waals surface area contributed by atoms with Crippen LogP contribution in [0.4, 0.5) is 5.82 Å². The van der Waals surface area contributed by atoms with E-state index < -0.39 is 0 Å². The fourth-order valence-corrected chi connectivity index (χ4v) is 5.77. The zero-order chi connectivity index (χ0) is 23.8. The average molecular weight is 492 g/mol. The molecule has 1 N–H and O–H groups in total. The number of nitrogens with one attached hydrogen (secondary N) is 1. The van der Waals surface area contributed by atoms with Gasteiger partial charge < -0.3 is 5.32 Å². The summed E-state index contributed by atoms with van der Waals surface area (Å²) in [6, 6.07) is 11.6. The molecule has 2 aromatic heterocycles. The number of carbonyl (C=O) groups excluding carboxylic acids is 1. The fourth-order valence-electron chi connectivity index (χ4n) is 4.71. The second kappa shape index (κ2) is 9.41. The lowest BCUT2D eigenvalue weighted by Crippen LogP contribution is -2.49. The van der Waals surface area contributed by atoms with Gasteiger partial charge >= 0.3 is 0 Å². The molecule has 1 fully saturated rings. The molecule has 1 aliphatic rings. The van der Waals surface area contributed by atoms with Crippen molar-refractivity contribution < 1.29 is 4.79 Å². The zero-order valence-electron chi connectivity index (χ0n) is 19.4. The number of hydrogen-bond acceptors (Lipinski definition) is 6. The standard InChI is InChI=1S/C26H26ClN5OS/c1-15-11-19(6-7-22(15)25-31-30-17(3)34-25)26(33)32(21-5-4-9-28-14-21)24-23-16(2)12-20(27)13-18(23)8-10-29-24/h6-8,10-13,21,28H,4-5,9,14H2,1-3H3/t21-/m1/s1. The van der Waals surface area contributed by atoms with Crippen LogP contribution >= 0.6 is 22.9 Å². The molecule has 34 heavy (non-hydrogen) atoms. The highest BCUT2D eigenvalue weighted by Crippen LogP contribution is 2.34. The van der Waals surface area contributed by atoms with Gasteiger partial charge in [-0.25, -0.2) is 4.98 Å². The van der Waals surface area contributed by atoms with Crippen LogP contribution in [0, 0.1) is 20.8 Å². The van der Waals surface area contributed by atoms with E-state index in [4.69, 9.17) is 16.6 Å². The van der Waals surface area contributed by atoms with Crippen LogP contribution in [-0.2, 0) is 0 Å². The van der Waals surface area contributed by atoms with E-state index in [1.54, 1.807) is 17.5 Å². The van der Waals surface area contributed by atoms with Crippen molar-refractivity contribution in [1.29, 1.82) is 0 Å². The predicted octanol–water partition coefficient (Wildman–Crippen LogP) is 5.73. The Morgan fingerprint density at radius 1 is 1.12 bits per heavy atom. The van der Waals surface area contributed by atoms with Crippen LogP contribution < -0.4 is 10.2 Å². The van der Waals surface area contributed by atoms with Gasteiger partial charge in [-0.1, -0.05) is 29.0 Å². The molecule has 0 radical (unpaired) electrons. The molecule has 8 heteroatoms. The van der Waals surface area contributed by atoms with Crippen LogP contribution in [0.15, 0.2) is 42.6 Å². The Hall–Kier alpha value is -2.87. The number of carbonyl (C=O) groups is 1. The van der Waals surface area contributed by atoms with E-state index in [1.807, 2.05) is 62.1 Å². The molecule has 0 spiro atoms. The van der Waals surface area contributed by atoms with Crippen LogP contribution in [0.2, 0.25) is 5.02 Å². The van der Waals surface area contributed by atoms with Gasteiger partial charge in [-0.3, -0.25) is 9.69 Å². The van der Waals surface area contributed by atoms with Crippen molar-refractivity contribution in [2.75, 3.05) is 18.0 Å². The normalized spacial score (nSPS) is 16.1.